The molecule has 0 fully saturated rings. The van der Waals surface area contributed by atoms with Crippen LogP contribution in [0.5, 0.6) is 0 Å². The molecule has 170 valence electrons. The summed E-state index contributed by atoms with van der Waals surface area (Å²) in [5.74, 6) is 0.365. The number of rotatable bonds is 10. The average Bonchev–Trinajstić information content (AvgIpc) is 3.21. The van der Waals surface area contributed by atoms with Crippen molar-refractivity contribution in [1.82, 2.24) is 20.6 Å². The lowest BCUT2D eigenvalue weighted by atomic mass is 10.0. The summed E-state index contributed by atoms with van der Waals surface area (Å²) in [6.45, 7) is 9.97. The molecule has 0 aliphatic carbocycles. The lowest BCUT2D eigenvalue weighted by Gasteiger charge is -2.21. The highest BCUT2D eigenvalue weighted by Crippen LogP contribution is 2.19. The first kappa shape index (κ1) is 23.3. The maximum atomic E-state index is 13.0. The molecule has 2 amide bonds. The van der Waals surface area contributed by atoms with Gasteiger partial charge in [0.05, 0.1) is 0 Å². The third-order valence-electron chi connectivity index (χ3n) is 5.62. The van der Waals surface area contributed by atoms with Crippen LogP contribution < -0.4 is 15.5 Å². The number of carbonyl (C=O) groups excluding carboxylic acids is 2. The van der Waals surface area contributed by atoms with E-state index in [1.807, 2.05) is 56.4 Å². The molecule has 3 rings (SSSR count). The number of nitrogens with zero attached hydrogens (tertiary/aromatic N) is 2. The fraction of sp³-hybridized carbons (Fsp3) is 0.400. The minimum Gasteiger partial charge on any atom is -0.361 e. The smallest absolute Gasteiger partial charge is 0.243 e. The third-order valence-corrected chi connectivity index (χ3v) is 5.62. The Morgan fingerprint density at radius 1 is 1.06 bits per heavy atom. The zero-order valence-electron chi connectivity index (χ0n) is 19.3. The van der Waals surface area contributed by atoms with Crippen LogP contribution in [0, 0.1) is 5.92 Å². The minimum absolute atomic E-state index is 0.143. The molecule has 1 aromatic carbocycles. The van der Waals surface area contributed by atoms with E-state index in [1.54, 1.807) is 6.20 Å². The summed E-state index contributed by atoms with van der Waals surface area (Å²) in [5.41, 5.74) is 2.92. The van der Waals surface area contributed by atoms with E-state index in [0.717, 1.165) is 40.9 Å². The Hall–Kier alpha value is -3.35. The molecule has 2 aromatic heterocycles. The first-order valence-electron chi connectivity index (χ1n) is 11.3. The van der Waals surface area contributed by atoms with Crippen LogP contribution in [0.15, 0.2) is 48.8 Å². The number of aromatic amines is 1. The number of aromatic nitrogens is 2. The molecule has 2 heterocycles. The van der Waals surface area contributed by atoms with Crippen molar-refractivity contribution in [1.29, 1.82) is 0 Å². The van der Waals surface area contributed by atoms with Crippen molar-refractivity contribution < 1.29 is 9.59 Å². The van der Waals surface area contributed by atoms with Gasteiger partial charge in [-0.25, -0.2) is 4.98 Å². The molecule has 0 bridgehead atoms. The van der Waals surface area contributed by atoms with Crippen molar-refractivity contribution in [2.45, 2.75) is 46.7 Å². The maximum Gasteiger partial charge on any atom is 0.243 e. The fourth-order valence-corrected chi connectivity index (χ4v) is 3.64. The van der Waals surface area contributed by atoms with E-state index in [2.05, 4.69) is 39.3 Å². The number of carbonyl (C=O) groups is 2. The van der Waals surface area contributed by atoms with Gasteiger partial charge in [0.1, 0.15) is 11.9 Å². The quantitative estimate of drug-likeness (QED) is 0.455. The molecule has 3 N–H and O–H groups in total. The van der Waals surface area contributed by atoms with Gasteiger partial charge in [0.15, 0.2) is 0 Å². The Balaban J connectivity index is 1.70. The highest BCUT2D eigenvalue weighted by molar-refractivity contribution is 5.90. The van der Waals surface area contributed by atoms with Crippen molar-refractivity contribution >= 4 is 28.5 Å². The molecule has 32 heavy (non-hydrogen) atoms. The zero-order chi connectivity index (χ0) is 23.1. The molecule has 0 aliphatic rings. The predicted octanol–water partition coefficient (Wildman–Crippen LogP) is 3.41. The van der Waals surface area contributed by atoms with Crippen LogP contribution in [0.2, 0.25) is 0 Å². The number of H-pyrrole nitrogens is 1. The van der Waals surface area contributed by atoms with E-state index in [1.165, 1.54) is 0 Å². The lowest BCUT2D eigenvalue weighted by Crippen LogP contribution is -2.48. The first-order chi connectivity index (χ1) is 15.4. The van der Waals surface area contributed by atoms with Gasteiger partial charge in [-0.15, -0.1) is 0 Å². The molecule has 1 atom stereocenters. The van der Waals surface area contributed by atoms with Crippen LogP contribution in [-0.4, -0.2) is 40.9 Å². The maximum absolute atomic E-state index is 13.0. The number of nitrogens with one attached hydrogen (secondary N) is 3. The van der Waals surface area contributed by atoms with Crippen LogP contribution in [0.4, 0.5) is 5.82 Å². The topological polar surface area (TPSA) is 90.1 Å². The second-order valence-corrected chi connectivity index (χ2v) is 8.19. The summed E-state index contributed by atoms with van der Waals surface area (Å²) in [6, 6.07) is 11.2. The molecule has 1 unspecified atom stereocenters. The van der Waals surface area contributed by atoms with Crippen LogP contribution in [0.25, 0.3) is 10.9 Å². The Bertz CT molecular complexity index is 1040. The molecule has 0 saturated heterocycles. The zero-order valence-corrected chi connectivity index (χ0v) is 19.3. The van der Waals surface area contributed by atoms with E-state index in [0.29, 0.717) is 13.0 Å². The number of hydrogen-bond donors (Lipinski definition) is 3. The highest BCUT2D eigenvalue weighted by atomic mass is 16.2. The largest absolute Gasteiger partial charge is 0.361 e. The Labute approximate surface area is 189 Å². The number of fused-ring (bicyclic) bond motifs is 1. The molecule has 0 spiro atoms. The number of para-hydroxylation sites is 1. The summed E-state index contributed by atoms with van der Waals surface area (Å²) < 4.78 is 0. The summed E-state index contributed by atoms with van der Waals surface area (Å²) in [4.78, 5) is 35.3. The number of benzene rings is 1. The third kappa shape index (κ3) is 5.66. The van der Waals surface area contributed by atoms with Gasteiger partial charge in [-0.2, -0.15) is 0 Å². The summed E-state index contributed by atoms with van der Waals surface area (Å²) >= 11 is 0. The number of anilines is 1. The molecule has 0 radical (unpaired) electrons. The molecular formula is C25H33N5O2. The second-order valence-electron chi connectivity index (χ2n) is 8.19. The predicted molar refractivity (Wildman–Crippen MR) is 128 cm³/mol. The van der Waals surface area contributed by atoms with E-state index in [-0.39, 0.29) is 17.7 Å². The Kier molecular flexibility index (Phi) is 7.87. The van der Waals surface area contributed by atoms with E-state index in [4.69, 9.17) is 0 Å². The highest BCUT2D eigenvalue weighted by Gasteiger charge is 2.23. The summed E-state index contributed by atoms with van der Waals surface area (Å²) in [7, 11) is 0. The van der Waals surface area contributed by atoms with Gasteiger partial charge in [0, 0.05) is 55.3 Å². The first-order valence-corrected chi connectivity index (χ1v) is 11.3. The summed E-state index contributed by atoms with van der Waals surface area (Å²) in [5, 5.41) is 6.93. The molecule has 7 nitrogen and oxygen atoms in total. The summed E-state index contributed by atoms with van der Waals surface area (Å²) in [6.07, 6.45) is 4.10. The fourth-order valence-electron chi connectivity index (χ4n) is 3.64. The van der Waals surface area contributed by atoms with Crippen LogP contribution in [-0.2, 0) is 22.6 Å². The molecule has 3 aromatic rings. The minimum atomic E-state index is -0.660. The van der Waals surface area contributed by atoms with E-state index in [9.17, 15) is 9.59 Å². The number of pyridine rings is 1. The van der Waals surface area contributed by atoms with Gasteiger partial charge in [0.25, 0.3) is 0 Å². The average molecular weight is 436 g/mol. The van der Waals surface area contributed by atoms with Gasteiger partial charge in [-0.1, -0.05) is 38.1 Å². The molecule has 7 heteroatoms. The van der Waals surface area contributed by atoms with Crippen LogP contribution in [0.3, 0.4) is 0 Å². The molecule has 0 saturated carbocycles. The lowest BCUT2D eigenvalue weighted by molar-refractivity contribution is -0.130. The van der Waals surface area contributed by atoms with Crippen molar-refractivity contribution in [3.63, 3.8) is 0 Å². The SMILES string of the molecule is CCN(CC)c1ccc(CNC(=O)C(Cc2c[nH]c3ccccc23)NC(=O)C(C)C)cn1. The van der Waals surface area contributed by atoms with Crippen molar-refractivity contribution in [2.75, 3.05) is 18.0 Å². The Morgan fingerprint density at radius 2 is 1.81 bits per heavy atom. The standard InChI is InChI=1S/C25H33N5O2/c1-5-30(6-2)23-12-11-18(14-27-23)15-28-25(32)22(29-24(31)17(3)4)13-19-16-26-21-10-8-7-9-20(19)21/h7-12,14,16-17,22,26H,5-6,13,15H2,1-4H3,(H,28,32)(H,29,31). The van der Waals surface area contributed by atoms with E-state index >= 15 is 0 Å². The monoisotopic (exact) mass is 435 g/mol. The number of hydrogen-bond acceptors (Lipinski definition) is 4. The van der Waals surface area contributed by atoms with Gasteiger partial charge < -0.3 is 20.5 Å². The van der Waals surface area contributed by atoms with Gasteiger partial charge in [-0.05, 0) is 37.1 Å². The number of amides is 2. The van der Waals surface area contributed by atoms with Gasteiger partial charge >= 0.3 is 0 Å². The van der Waals surface area contributed by atoms with Gasteiger partial charge in [-0.3, -0.25) is 9.59 Å². The van der Waals surface area contributed by atoms with Crippen molar-refractivity contribution in [3.05, 3.63) is 59.9 Å². The Morgan fingerprint density at radius 3 is 2.47 bits per heavy atom. The normalized spacial score (nSPS) is 12.0. The van der Waals surface area contributed by atoms with Crippen LogP contribution >= 0.6 is 0 Å². The molecular weight excluding hydrogens is 402 g/mol. The van der Waals surface area contributed by atoms with Crippen LogP contribution in [0.1, 0.15) is 38.8 Å². The molecule has 0 aliphatic heterocycles. The van der Waals surface area contributed by atoms with E-state index < -0.39 is 6.04 Å². The van der Waals surface area contributed by atoms with Gasteiger partial charge in [0.2, 0.25) is 11.8 Å². The van der Waals surface area contributed by atoms with Crippen molar-refractivity contribution in [3.8, 4) is 0 Å². The second kappa shape index (κ2) is 10.8. The van der Waals surface area contributed by atoms with Crippen molar-refractivity contribution in [2.24, 2.45) is 5.92 Å².